The molecule has 0 aliphatic rings. The molecule has 0 aromatic heterocycles. The summed E-state index contributed by atoms with van der Waals surface area (Å²) in [6.07, 6.45) is 2.90. The number of unbranched alkanes of at least 4 members (excludes halogenated alkanes) is 1. The van der Waals surface area contributed by atoms with Crippen LogP contribution >= 0.6 is 0 Å². The van der Waals surface area contributed by atoms with Crippen molar-refractivity contribution in [2.45, 2.75) is 46.1 Å². The van der Waals surface area contributed by atoms with Gasteiger partial charge in [0.2, 0.25) is 5.91 Å². The summed E-state index contributed by atoms with van der Waals surface area (Å²) in [6.45, 7) is 5.73. The molecule has 1 N–H and O–H groups in total. The van der Waals surface area contributed by atoms with Crippen LogP contribution in [0, 0.1) is 19.7 Å². The van der Waals surface area contributed by atoms with Gasteiger partial charge in [0.1, 0.15) is 5.82 Å². The number of hydrogen-bond acceptors (Lipinski definition) is 2. The lowest BCUT2D eigenvalue weighted by atomic mass is 10.1. The molecule has 0 aliphatic carbocycles. The first-order valence-electron chi connectivity index (χ1n) is 7.10. The van der Waals surface area contributed by atoms with E-state index in [1.165, 1.54) is 12.1 Å². The fourth-order valence-corrected chi connectivity index (χ4v) is 2.34. The van der Waals surface area contributed by atoms with Crippen LogP contribution in [-0.2, 0) is 4.79 Å². The molecule has 1 unspecified atom stereocenters. The minimum absolute atomic E-state index is 0.0266. The lowest BCUT2D eigenvalue weighted by Gasteiger charge is -2.24. The Morgan fingerprint density at radius 3 is 2.30 bits per heavy atom. The second-order valence-corrected chi connectivity index (χ2v) is 5.53. The molecule has 20 heavy (non-hydrogen) atoms. The van der Waals surface area contributed by atoms with E-state index < -0.39 is 0 Å². The Bertz CT molecular complexity index is 449. The van der Waals surface area contributed by atoms with E-state index in [1.807, 2.05) is 32.8 Å². The number of anilines is 1. The first-order chi connectivity index (χ1) is 9.36. The molecule has 0 saturated carbocycles. The molecule has 0 radical (unpaired) electrons. The molecule has 0 spiro atoms. The molecular weight excluding hydrogens is 255 g/mol. The van der Waals surface area contributed by atoms with Crippen LogP contribution in [0.25, 0.3) is 0 Å². The number of hydrogen-bond donors (Lipinski definition) is 1. The molecule has 0 heterocycles. The van der Waals surface area contributed by atoms with Crippen LogP contribution in [0.15, 0.2) is 12.1 Å². The number of nitrogens with zero attached hydrogens (tertiary/aromatic N) is 1. The van der Waals surface area contributed by atoms with Crippen LogP contribution in [0.1, 0.15) is 37.3 Å². The summed E-state index contributed by atoms with van der Waals surface area (Å²) < 4.78 is 13.3. The Balaban J connectivity index is 2.88. The number of amides is 1. The number of carbonyl (C=O) groups excluding carboxylic acids is 1. The number of aryl methyl sites for hydroxylation is 2. The number of benzene rings is 1. The highest BCUT2D eigenvalue weighted by Crippen LogP contribution is 2.22. The molecule has 0 saturated heterocycles. The Hall–Kier alpha value is -1.42. The largest absolute Gasteiger partial charge is 0.324 e. The van der Waals surface area contributed by atoms with Gasteiger partial charge in [-0.15, -0.1) is 0 Å². The van der Waals surface area contributed by atoms with Gasteiger partial charge >= 0.3 is 0 Å². The summed E-state index contributed by atoms with van der Waals surface area (Å²) >= 11 is 0. The average molecular weight is 280 g/mol. The van der Waals surface area contributed by atoms with Crippen LogP contribution in [0.3, 0.4) is 0 Å². The SMILES string of the molecule is CCCCC(C(=O)Nc1c(C)cc(F)cc1C)N(C)C. The van der Waals surface area contributed by atoms with Gasteiger partial charge < -0.3 is 5.32 Å². The van der Waals surface area contributed by atoms with E-state index >= 15 is 0 Å². The molecule has 1 aromatic rings. The quantitative estimate of drug-likeness (QED) is 0.865. The lowest BCUT2D eigenvalue weighted by molar-refractivity contribution is -0.120. The van der Waals surface area contributed by atoms with Gasteiger partial charge in [-0.05, 0) is 57.6 Å². The maximum atomic E-state index is 13.3. The second-order valence-electron chi connectivity index (χ2n) is 5.53. The molecule has 3 nitrogen and oxygen atoms in total. The van der Waals surface area contributed by atoms with E-state index in [-0.39, 0.29) is 17.8 Å². The molecular formula is C16H25FN2O. The summed E-state index contributed by atoms with van der Waals surface area (Å²) in [5, 5.41) is 2.95. The fraction of sp³-hybridized carbons (Fsp3) is 0.562. The number of rotatable bonds is 6. The van der Waals surface area contributed by atoms with E-state index in [9.17, 15) is 9.18 Å². The van der Waals surface area contributed by atoms with Crippen molar-refractivity contribution < 1.29 is 9.18 Å². The minimum Gasteiger partial charge on any atom is -0.324 e. The van der Waals surface area contributed by atoms with Crippen LogP contribution in [0.5, 0.6) is 0 Å². The van der Waals surface area contributed by atoms with E-state index in [0.717, 1.165) is 36.1 Å². The fourth-order valence-electron chi connectivity index (χ4n) is 2.34. The van der Waals surface area contributed by atoms with Crippen molar-refractivity contribution in [3.05, 3.63) is 29.1 Å². The standard InChI is InChI=1S/C16H25FN2O/c1-6-7-8-14(19(4)5)16(20)18-15-11(2)9-13(17)10-12(15)3/h9-10,14H,6-8H2,1-5H3,(H,18,20). The topological polar surface area (TPSA) is 32.3 Å². The molecule has 0 aliphatic heterocycles. The maximum Gasteiger partial charge on any atom is 0.241 e. The summed E-state index contributed by atoms with van der Waals surface area (Å²) in [7, 11) is 3.81. The zero-order valence-corrected chi connectivity index (χ0v) is 13.1. The Morgan fingerprint density at radius 1 is 1.30 bits per heavy atom. The van der Waals surface area contributed by atoms with E-state index in [0.29, 0.717) is 0 Å². The van der Waals surface area contributed by atoms with Crippen molar-refractivity contribution in [3.63, 3.8) is 0 Å². The number of likely N-dealkylation sites (N-methyl/N-ethyl adjacent to an activating group) is 1. The van der Waals surface area contributed by atoms with Gasteiger partial charge in [0, 0.05) is 5.69 Å². The maximum absolute atomic E-state index is 13.3. The third-order valence-electron chi connectivity index (χ3n) is 3.50. The predicted molar refractivity (Wildman–Crippen MR) is 81.5 cm³/mol. The van der Waals surface area contributed by atoms with E-state index in [4.69, 9.17) is 0 Å². The third kappa shape index (κ3) is 4.30. The van der Waals surface area contributed by atoms with Gasteiger partial charge in [-0.2, -0.15) is 0 Å². The first-order valence-corrected chi connectivity index (χ1v) is 7.10. The smallest absolute Gasteiger partial charge is 0.241 e. The molecule has 1 rings (SSSR count). The molecule has 0 bridgehead atoms. The summed E-state index contributed by atoms with van der Waals surface area (Å²) in [6, 6.07) is 2.73. The van der Waals surface area contributed by atoms with E-state index in [1.54, 1.807) is 0 Å². The third-order valence-corrected chi connectivity index (χ3v) is 3.50. The summed E-state index contributed by atoms with van der Waals surface area (Å²) in [4.78, 5) is 14.3. The van der Waals surface area contributed by atoms with Crippen LogP contribution < -0.4 is 5.32 Å². The monoisotopic (exact) mass is 280 g/mol. The van der Waals surface area contributed by atoms with Crippen molar-refractivity contribution in [3.8, 4) is 0 Å². The molecule has 1 amide bonds. The van der Waals surface area contributed by atoms with E-state index in [2.05, 4.69) is 12.2 Å². The average Bonchev–Trinajstić information content (AvgIpc) is 2.33. The van der Waals surface area contributed by atoms with Crippen LogP contribution in [0.4, 0.5) is 10.1 Å². The van der Waals surface area contributed by atoms with Crippen molar-refractivity contribution in [1.82, 2.24) is 4.90 Å². The highest BCUT2D eigenvalue weighted by Gasteiger charge is 2.21. The summed E-state index contributed by atoms with van der Waals surface area (Å²) in [5.74, 6) is -0.297. The zero-order chi connectivity index (χ0) is 15.3. The Kier molecular flexibility index (Phi) is 6.14. The van der Waals surface area contributed by atoms with Crippen molar-refractivity contribution in [1.29, 1.82) is 0 Å². The van der Waals surface area contributed by atoms with Crippen molar-refractivity contribution >= 4 is 11.6 Å². The molecule has 0 fully saturated rings. The van der Waals surface area contributed by atoms with Gasteiger partial charge in [-0.25, -0.2) is 4.39 Å². The van der Waals surface area contributed by atoms with Crippen molar-refractivity contribution in [2.75, 3.05) is 19.4 Å². The number of carbonyl (C=O) groups is 1. The molecule has 1 aromatic carbocycles. The number of nitrogens with one attached hydrogen (secondary N) is 1. The zero-order valence-electron chi connectivity index (χ0n) is 13.1. The van der Waals surface area contributed by atoms with Crippen LogP contribution in [-0.4, -0.2) is 30.9 Å². The predicted octanol–water partition coefficient (Wildman–Crippen LogP) is 3.50. The number of halogens is 1. The normalized spacial score (nSPS) is 12.6. The highest BCUT2D eigenvalue weighted by atomic mass is 19.1. The van der Waals surface area contributed by atoms with Gasteiger partial charge in [0.25, 0.3) is 0 Å². The van der Waals surface area contributed by atoms with Gasteiger partial charge in [-0.3, -0.25) is 9.69 Å². The van der Waals surface area contributed by atoms with Gasteiger partial charge in [-0.1, -0.05) is 19.8 Å². The Morgan fingerprint density at radius 2 is 1.85 bits per heavy atom. The highest BCUT2D eigenvalue weighted by molar-refractivity contribution is 5.96. The van der Waals surface area contributed by atoms with Crippen molar-refractivity contribution in [2.24, 2.45) is 0 Å². The minimum atomic E-state index is -0.270. The van der Waals surface area contributed by atoms with Gasteiger partial charge in [0.15, 0.2) is 0 Å². The van der Waals surface area contributed by atoms with Crippen LogP contribution in [0.2, 0.25) is 0 Å². The second kappa shape index (κ2) is 7.39. The lowest BCUT2D eigenvalue weighted by Crippen LogP contribution is -2.39. The molecule has 4 heteroatoms. The molecule has 1 atom stereocenters. The molecule has 112 valence electrons. The van der Waals surface area contributed by atoms with Gasteiger partial charge in [0.05, 0.1) is 6.04 Å². The Labute approximate surface area is 121 Å². The first kappa shape index (κ1) is 16.6. The summed E-state index contributed by atoms with van der Waals surface area (Å²) in [5.41, 5.74) is 2.23.